The molecule has 0 radical (unpaired) electrons. The van der Waals surface area contributed by atoms with Gasteiger partial charge in [0.1, 0.15) is 10.7 Å². The van der Waals surface area contributed by atoms with Crippen molar-refractivity contribution in [2.24, 2.45) is 7.05 Å². The van der Waals surface area contributed by atoms with Gasteiger partial charge >= 0.3 is 5.97 Å². The molecule has 4 rings (SSSR count). The van der Waals surface area contributed by atoms with Gasteiger partial charge in [-0.3, -0.25) is 4.79 Å². The Morgan fingerprint density at radius 1 is 1.25 bits per heavy atom. The normalized spacial score (nSPS) is 13.4. The van der Waals surface area contributed by atoms with Crippen LogP contribution in [0.25, 0.3) is 10.9 Å². The third-order valence-corrected chi connectivity index (χ3v) is 6.56. The van der Waals surface area contributed by atoms with E-state index >= 15 is 0 Å². The average Bonchev–Trinajstić information content (AvgIpc) is 3.19. The summed E-state index contributed by atoms with van der Waals surface area (Å²) < 4.78 is 7.08. The van der Waals surface area contributed by atoms with Crippen molar-refractivity contribution in [3.05, 3.63) is 51.0 Å². The molecule has 0 saturated heterocycles. The lowest BCUT2D eigenvalue weighted by atomic mass is 9.95. The van der Waals surface area contributed by atoms with Gasteiger partial charge in [-0.05, 0) is 56.4 Å². The van der Waals surface area contributed by atoms with Gasteiger partial charge in [0.25, 0.3) is 5.91 Å². The number of nitrogens with zero attached hydrogens (tertiary/aromatic N) is 1. The van der Waals surface area contributed by atoms with E-state index in [-0.39, 0.29) is 11.9 Å². The van der Waals surface area contributed by atoms with Crippen molar-refractivity contribution in [1.29, 1.82) is 0 Å². The molecule has 0 saturated carbocycles. The van der Waals surface area contributed by atoms with Gasteiger partial charge in [-0.25, -0.2) is 4.79 Å². The second-order valence-corrected chi connectivity index (χ2v) is 8.42. The number of hydrogen-bond acceptors (Lipinski definition) is 4. The molecule has 0 unspecified atom stereocenters. The minimum atomic E-state index is -0.360. The average molecular weight is 417 g/mol. The van der Waals surface area contributed by atoms with Crippen LogP contribution >= 0.6 is 22.9 Å². The van der Waals surface area contributed by atoms with Crippen molar-refractivity contribution in [1.82, 2.24) is 4.57 Å². The van der Waals surface area contributed by atoms with E-state index in [1.165, 1.54) is 16.2 Å². The molecule has 2 aromatic heterocycles. The first kappa shape index (κ1) is 19.0. The predicted molar refractivity (Wildman–Crippen MR) is 113 cm³/mol. The maximum atomic E-state index is 13.0. The molecule has 3 aromatic rings. The van der Waals surface area contributed by atoms with Crippen molar-refractivity contribution in [2.45, 2.75) is 32.6 Å². The standard InChI is InChI=1S/C21H21ClN2O3S/c1-3-27-21(26)18-14-6-4-5-7-17(14)28-20(18)23-19(25)16-10-12-8-9-13(22)11-15(12)24(16)2/h8-11H,3-7H2,1-2H3,(H,23,25). The number of esters is 1. The number of aryl methyl sites for hydroxylation is 2. The summed E-state index contributed by atoms with van der Waals surface area (Å²) in [6.45, 7) is 2.09. The second-order valence-electron chi connectivity index (χ2n) is 6.88. The molecular weight excluding hydrogens is 396 g/mol. The highest BCUT2D eigenvalue weighted by Crippen LogP contribution is 2.39. The van der Waals surface area contributed by atoms with Crippen molar-refractivity contribution in [3.63, 3.8) is 0 Å². The zero-order chi connectivity index (χ0) is 19.8. The maximum absolute atomic E-state index is 13.0. The largest absolute Gasteiger partial charge is 0.462 e. The lowest BCUT2D eigenvalue weighted by molar-refractivity contribution is 0.0526. The molecule has 1 amide bonds. The first-order valence-corrected chi connectivity index (χ1v) is 10.6. The van der Waals surface area contributed by atoms with Gasteiger partial charge in [-0.1, -0.05) is 17.7 Å². The van der Waals surface area contributed by atoms with Crippen LogP contribution in [0.15, 0.2) is 24.3 Å². The van der Waals surface area contributed by atoms with Gasteiger partial charge < -0.3 is 14.6 Å². The van der Waals surface area contributed by atoms with E-state index < -0.39 is 0 Å². The molecule has 28 heavy (non-hydrogen) atoms. The summed E-state index contributed by atoms with van der Waals surface area (Å²) in [5.74, 6) is -0.611. The summed E-state index contributed by atoms with van der Waals surface area (Å²) in [7, 11) is 1.83. The van der Waals surface area contributed by atoms with E-state index in [1.807, 2.05) is 29.8 Å². The van der Waals surface area contributed by atoms with E-state index in [0.29, 0.717) is 27.9 Å². The van der Waals surface area contributed by atoms with Crippen molar-refractivity contribution in [3.8, 4) is 0 Å². The van der Waals surface area contributed by atoms with E-state index in [9.17, 15) is 9.59 Å². The Morgan fingerprint density at radius 2 is 2.04 bits per heavy atom. The predicted octanol–water partition coefficient (Wildman–Crippen LogP) is 5.20. The fourth-order valence-corrected chi connectivity index (χ4v) is 5.20. The Kier molecular flexibility index (Phi) is 5.17. The number of thiophene rings is 1. The number of amides is 1. The molecule has 1 aliphatic rings. The topological polar surface area (TPSA) is 60.3 Å². The Bertz CT molecular complexity index is 1080. The fourth-order valence-electron chi connectivity index (χ4n) is 3.76. The Morgan fingerprint density at radius 3 is 2.82 bits per heavy atom. The van der Waals surface area contributed by atoms with Crippen molar-refractivity contribution in [2.75, 3.05) is 11.9 Å². The van der Waals surface area contributed by atoms with Crippen LogP contribution in [0.2, 0.25) is 5.02 Å². The highest BCUT2D eigenvalue weighted by molar-refractivity contribution is 7.17. The monoisotopic (exact) mass is 416 g/mol. The van der Waals surface area contributed by atoms with Crippen LogP contribution in [0, 0.1) is 0 Å². The van der Waals surface area contributed by atoms with E-state index in [0.717, 1.165) is 42.1 Å². The van der Waals surface area contributed by atoms with Gasteiger partial charge in [-0.15, -0.1) is 11.3 Å². The van der Waals surface area contributed by atoms with Crippen LogP contribution in [0.1, 0.15) is 51.1 Å². The van der Waals surface area contributed by atoms with Crippen molar-refractivity contribution >= 4 is 50.7 Å². The Balaban J connectivity index is 1.71. The number of halogens is 1. The molecule has 1 N–H and O–H groups in total. The summed E-state index contributed by atoms with van der Waals surface area (Å²) >= 11 is 7.58. The lowest BCUT2D eigenvalue weighted by Gasteiger charge is -2.12. The van der Waals surface area contributed by atoms with Crippen LogP contribution in [-0.2, 0) is 24.6 Å². The molecule has 5 nitrogen and oxygen atoms in total. The third-order valence-electron chi connectivity index (χ3n) is 5.12. The molecule has 0 atom stereocenters. The second kappa shape index (κ2) is 7.60. The van der Waals surface area contributed by atoms with Crippen LogP contribution in [0.3, 0.4) is 0 Å². The number of benzene rings is 1. The minimum absolute atomic E-state index is 0.251. The number of fused-ring (bicyclic) bond motifs is 2. The van der Waals surface area contributed by atoms with Gasteiger partial charge in [0, 0.05) is 27.9 Å². The smallest absolute Gasteiger partial charge is 0.341 e. The summed E-state index contributed by atoms with van der Waals surface area (Å²) in [5.41, 5.74) is 2.96. The van der Waals surface area contributed by atoms with Crippen LogP contribution < -0.4 is 5.32 Å². The summed E-state index contributed by atoms with van der Waals surface area (Å²) in [5, 5.41) is 5.11. The van der Waals surface area contributed by atoms with Gasteiger partial charge in [0.05, 0.1) is 12.2 Å². The zero-order valence-corrected chi connectivity index (χ0v) is 17.4. The fraction of sp³-hybridized carbons (Fsp3) is 0.333. The molecule has 1 aliphatic carbocycles. The van der Waals surface area contributed by atoms with Crippen LogP contribution in [0.5, 0.6) is 0 Å². The highest BCUT2D eigenvalue weighted by Gasteiger charge is 2.28. The molecule has 0 fully saturated rings. The molecule has 146 valence electrons. The lowest BCUT2D eigenvalue weighted by Crippen LogP contribution is -2.17. The number of carbonyl (C=O) groups is 2. The Labute approximate surface area is 172 Å². The number of rotatable bonds is 4. The molecule has 0 bridgehead atoms. The van der Waals surface area contributed by atoms with Crippen LogP contribution in [0.4, 0.5) is 5.00 Å². The van der Waals surface area contributed by atoms with E-state index in [1.54, 1.807) is 13.0 Å². The highest BCUT2D eigenvalue weighted by atomic mass is 35.5. The SMILES string of the molecule is CCOC(=O)c1c(NC(=O)c2cc3ccc(Cl)cc3n2C)sc2c1CCCC2. The van der Waals surface area contributed by atoms with Gasteiger partial charge in [-0.2, -0.15) is 0 Å². The zero-order valence-electron chi connectivity index (χ0n) is 15.8. The number of ether oxygens (including phenoxy) is 1. The molecule has 0 aliphatic heterocycles. The molecule has 7 heteroatoms. The first-order valence-electron chi connectivity index (χ1n) is 9.37. The van der Waals surface area contributed by atoms with E-state index in [2.05, 4.69) is 5.32 Å². The maximum Gasteiger partial charge on any atom is 0.341 e. The number of anilines is 1. The van der Waals surface area contributed by atoms with Crippen molar-refractivity contribution < 1.29 is 14.3 Å². The number of hydrogen-bond donors (Lipinski definition) is 1. The number of aromatic nitrogens is 1. The summed E-state index contributed by atoms with van der Waals surface area (Å²) in [6.07, 6.45) is 3.94. The number of nitrogens with one attached hydrogen (secondary N) is 1. The summed E-state index contributed by atoms with van der Waals surface area (Å²) in [4.78, 5) is 26.8. The van der Waals surface area contributed by atoms with Crippen LogP contribution in [-0.4, -0.2) is 23.1 Å². The third kappa shape index (κ3) is 3.31. The van der Waals surface area contributed by atoms with Gasteiger partial charge in [0.15, 0.2) is 0 Å². The molecular formula is C21H21ClN2O3S. The molecule has 0 spiro atoms. The van der Waals surface area contributed by atoms with Gasteiger partial charge in [0.2, 0.25) is 0 Å². The quantitative estimate of drug-likeness (QED) is 0.594. The molecule has 2 heterocycles. The minimum Gasteiger partial charge on any atom is -0.462 e. The first-order chi connectivity index (χ1) is 13.5. The van der Waals surface area contributed by atoms with E-state index in [4.69, 9.17) is 16.3 Å². The summed E-state index contributed by atoms with van der Waals surface area (Å²) in [6, 6.07) is 7.36. The Hall–Kier alpha value is -2.31. The number of carbonyl (C=O) groups excluding carboxylic acids is 2. The molecule has 1 aromatic carbocycles.